The predicted octanol–water partition coefficient (Wildman–Crippen LogP) is 2.49. The van der Waals surface area contributed by atoms with E-state index in [0.717, 1.165) is 0 Å². The number of ether oxygens (including phenoxy) is 2. The Morgan fingerprint density at radius 1 is 1.23 bits per heavy atom. The summed E-state index contributed by atoms with van der Waals surface area (Å²) in [6.07, 6.45) is -0.431. The van der Waals surface area contributed by atoms with Crippen molar-refractivity contribution >= 4 is 17.7 Å². The lowest BCUT2D eigenvalue weighted by molar-refractivity contribution is 0.0589. The van der Waals surface area contributed by atoms with Gasteiger partial charge in [0.25, 0.3) is 5.91 Å². The molecule has 0 atom stereocenters. The molecule has 2 amide bonds. The molecule has 6 heteroatoms. The van der Waals surface area contributed by atoms with Gasteiger partial charge in [0.05, 0.1) is 6.61 Å². The molecule has 0 spiro atoms. The van der Waals surface area contributed by atoms with Gasteiger partial charge < -0.3 is 14.4 Å². The van der Waals surface area contributed by atoms with Gasteiger partial charge in [-0.1, -0.05) is 0 Å². The van der Waals surface area contributed by atoms with Crippen LogP contribution in [0.15, 0.2) is 24.3 Å². The van der Waals surface area contributed by atoms with Crippen LogP contribution in [-0.4, -0.2) is 49.4 Å². The zero-order valence-electron chi connectivity index (χ0n) is 13.5. The molecule has 6 nitrogen and oxygen atoms in total. The minimum atomic E-state index is -0.545. The summed E-state index contributed by atoms with van der Waals surface area (Å²) >= 11 is 0. The molecule has 0 aliphatic carbocycles. The zero-order valence-corrected chi connectivity index (χ0v) is 13.5. The van der Waals surface area contributed by atoms with Crippen LogP contribution in [0.2, 0.25) is 0 Å². The van der Waals surface area contributed by atoms with Crippen LogP contribution in [0.4, 0.5) is 10.5 Å². The molecule has 1 heterocycles. The molecule has 0 unspecified atom stereocenters. The molecule has 2 rings (SSSR count). The highest BCUT2D eigenvalue weighted by atomic mass is 16.6. The van der Waals surface area contributed by atoms with Gasteiger partial charge in [0.15, 0.2) is 0 Å². The second-order valence-corrected chi connectivity index (χ2v) is 6.19. The Morgan fingerprint density at radius 3 is 2.36 bits per heavy atom. The summed E-state index contributed by atoms with van der Waals surface area (Å²) in [5, 5.41) is 0. The summed E-state index contributed by atoms with van der Waals surface area (Å²) in [6, 6.07) is 6.87. The Labute approximate surface area is 130 Å². The van der Waals surface area contributed by atoms with Gasteiger partial charge >= 0.3 is 6.09 Å². The summed E-state index contributed by atoms with van der Waals surface area (Å²) in [5.41, 5.74) is 0.701. The number of amides is 2. The molecule has 22 heavy (non-hydrogen) atoms. The topological polar surface area (TPSA) is 59.1 Å². The van der Waals surface area contributed by atoms with Crippen molar-refractivity contribution in [2.24, 2.45) is 0 Å². The van der Waals surface area contributed by atoms with E-state index in [0.29, 0.717) is 31.1 Å². The fourth-order valence-corrected chi connectivity index (χ4v) is 2.02. The van der Waals surface area contributed by atoms with Crippen molar-refractivity contribution in [2.75, 3.05) is 31.8 Å². The molecular formula is C16H22N2O4. The first kappa shape index (κ1) is 16.3. The number of hydrogen-bond donors (Lipinski definition) is 0. The molecule has 0 bridgehead atoms. The maximum Gasteiger partial charge on any atom is 0.414 e. The van der Waals surface area contributed by atoms with Crippen LogP contribution in [-0.2, 0) is 9.47 Å². The summed E-state index contributed by atoms with van der Waals surface area (Å²) in [4.78, 5) is 27.2. The molecule has 1 fully saturated rings. The van der Waals surface area contributed by atoms with Gasteiger partial charge in [0, 0.05) is 24.8 Å². The van der Waals surface area contributed by atoms with Crippen LogP contribution in [0.1, 0.15) is 31.1 Å². The molecular weight excluding hydrogens is 284 g/mol. The van der Waals surface area contributed by atoms with E-state index in [1.807, 2.05) is 20.8 Å². The van der Waals surface area contributed by atoms with E-state index < -0.39 is 11.7 Å². The normalized spacial score (nSPS) is 14.8. The number of carbonyl (C=O) groups excluding carboxylic acids is 2. The average molecular weight is 306 g/mol. The van der Waals surface area contributed by atoms with E-state index >= 15 is 0 Å². The molecule has 120 valence electrons. The molecule has 1 aliphatic rings. The van der Waals surface area contributed by atoms with E-state index in [1.54, 1.807) is 36.2 Å². The SMILES string of the molecule is CN(C(=O)OC(C)(C)C)c1ccc(C(=O)N2CCOC2)cc1. The standard InChI is InChI=1S/C16H22N2O4/c1-16(2,3)22-15(20)17(4)13-7-5-12(6-8-13)14(19)18-9-10-21-11-18/h5-8H,9-11H2,1-4H3. The summed E-state index contributed by atoms with van der Waals surface area (Å²) in [5.74, 6) is -0.0658. The third-order valence-electron chi connectivity index (χ3n) is 3.21. The third-order valence-corrected chi connectivity index (χ3v) is 3.21. The highest BCUT2D eigenvalue weighted by Crippen LogP contribution is 2.18. The van der Waals surface area contributed by atoms with Gasteiger partial charge in [0.1, 0.15) is 12.3 Å². The van der Waals surface area contributed by atoms with Gasteiger partial charge in [-0.05, 0) is 45.0 Å². The lowest BCUT2D eigenvalue weighted by Gasteiger charge is -2.24. The summed E-state index contributed by atoms with van der Waals surface area (Å²) in [7, 11) is 1.64. The zero-order chi connectivity index (χ0) is 16.3. The quantitative estimate of drug-likeness (QED) is 0.842. The minimum Gasteiger partial charge on any atom is -0.443 e. The van der Waals surface area contributed by atoms with Crippen molar-refractivity contribution in [1.29, 1.82) is 0 Å². The Morgan fingerprint density at radius 2 is 1.86 bits per heavy atom. The molecule has 0 saturated carbocycles. The first-order valence-corrected chi connectivity index (χ1v) is 7.22. The molecule has 0 N–H and O–H groups in total. The van der Waals surface area contributed by atoms with Crippen LogP contribution in [0.25, 0.3) is 0 Å². The van der Waals surface area contributed by atoms with Crippen molar-refractivity contribution in [1.82, 2.24) is 4.90 Å². The van der Waals surface area contributed by atoms with Crippen molar-refractivity contribution in [3.63, 3.8) is 0 Å². The Balaban J connectivity index is 2.04. The minimum absolute atomic E-state index is 0.0658. The molecule has 1 saturated heterocycles. The van der Waals surface area contributed by atoms with Crippen molar-refractivity contribution in [3.8, 4) is 0 Å². The number of benzene rings is 1. The highest BCUT2D eigenvalue weighted by molar-refractivity contribution is 5.95. The Kier molecular flexibility index (Phi) is 4.71. The second-order valence-electron chi connectivity index (χ2n) is 6.19. The van der Waals surface area contributed by atoms with Gasteiger partial charge in [0.2, 0.25) is 0 Å². The highest BCUT2D eigenvalue weighted by Gasteiger charge is 2.22. The van der Waals surface area contributed by atoms with Crippen LogP contribution >= 0.6 is 0 Å². The summed E-state index contributed by atoms with van der Waals surface area (Å²) in [6.45, 7) is 6.97. The van der Waals surface area contributed by atoms with Crippen molar-refractivity contribution in [3.05, 3.63) is 29.8 Å². The number of nitrogens with zero attached hydrogens (tertiary/aromatic N) is 2. The number of hydrogen-bond acceptors (Lipinski definition) is 4. The smallest absolute Gasteiger partial charge is 0.414 e. The van der Waals surface area contributed by atoms with E-state index in [-0.39, 0.29) is 5.91 Å². The first-order valence-electron chi connectivity index (χ1n) is 7.22. The first-order chi connectivity index (χ1) is 10.3. The number of rotatable bonds is 2. The fraction of sp³-hybridized carbons (Fsp3) is 0.500. The number of carbonyl (C=O) groups is 2. The molecule has 1 aromatic carbocycles. The van der Waals surface area contributed by atoms with Gasteiger partial charge in [-0.25, -0.2) is 4.79 Å². The number of anilines is 1. The Bertz CT molecular complexity index is 542. The molecule has 0 radical (unpaired) electrons. The average Bonchev–Trinajstić information content (AvgIpc) is 2.98. The van der Waals surface area contributed by atoms with Crippen LogP contribution in [0, 0.1) is 0 Å². The lowest BCUT2D eigenvalue weighted by Crippen LogP contribution is -2.34. The Hall–Kier alpha value is -2.08. The van der Waals surface area contributed by atoms with Crippen molar-refractivity contribution in [2.45, 2.75) is 26.4 Å². The van der Waals surface area contributed by atoms with Gasteiger partial charge in [-0.3, -0.25) is 9.69 Å². The monoisotopic (exact) mass is 306 g/mol. The van der Waals surface area contributed by atoms with E-state index in [2.05, 4.69) is 0 Å². The molecule has 0 aromatic heterocycles. The van der Waals surface area contributed by atoms with Gasteiger partial charge in [-0.2, -0.15) is 0 Å². The van der Waals surface area contributed by atoms with E-state index in [4.69, 9.17) is 9.47 Å². The van der Waals surface area contributed by atoms with Crippen LogP contribution < -0.4 is 4.90 Å². The van der Waals surface area contributed by atoms with E-state index in [9.17, 15) is 9.59 Å². The molecule has 1 aliphatic heterocycles. The van der Waals surface area contributed by atoms with Crippen LogP contribution in [0.3, 0.4) is 0 Å². The van der Waals surface area contributed by atoms with Gasteiger partial charge in [-0.15, -0.1) is 0 Å². The fourth-order valence-electron chi connectivity index (χ4n) is 2.02. The maximum atomic E-state index is 12.2. The van der Waals surface area contributed by atoms with Crippen molar-refractivity contribution < 1.29 is 19.1 Å². The lowest BCUT2D eigenvalue weighted by atomic mass is 10.1. The van der Waals surface area contributed by atoms with E-state index in [1.165, 1.54) is 4.90 Å². The second kappa shape index (κ2) is 6.36. The largest absolute Gasteiger partial charge is 0.443 e. The molecule has 1 aromatic rings. The third kappa shape index (κ3) is 3.98. The maximum absolute atomic E-state index is 12.2. The summed E-state index contributed by atoms with van der Waals surface area (Å²) < 4.78 is 10.5. The van der Waals surface area contributed by atoms with Crippen LogP contribution in [0.5, 0.6) is 0 Å². The predicted molar refractivity (Wildman–Crippen MR) is 82.9 cm³/mol.